The van der Waals surface area contributed by atoms with Crippen LogP contribution in [0.2, 0.25) is 0 Å². The molecule has 0 bridgehead atoms. The molecule has 8 nitrogen and oxygen atoms in total. The maximum Gasteiger partial charge on any atom is 0.345 e. The van der Waals surface area contributed by atoms with Crippen molar-refractivity contribution in [3.8, 4) is 0 Å². The van der Waals surface area contributed by atoms with Gasteiger partial charge in [0.15, 0.2) is 0 Å². The molecule has 0 aliphatic heterocycles. The quantitative estimate of drug-likeness (QED) is 0.233. The fourth-order valence-corrected chi connectivity index (χ4v) is 3.20. The highest BCUT2D eigenvalue weighted by atomic mass is 16.6. The van der Waals surface area contributed by atoms with Gasteiger partial charge in [0.05, 0.1) is 18.8 Å². The Morgan fingerprint density at radius 2 is 1.62 bits per heavy atom. The first-order chi connectivity index (χ1) is 15.5. The molecule has 0 aliphatic carbocycles. The third-order valence-corrected chi connectivity index (χ3v) is 4.65. The average Bonchev–Trinajstić information content (AvgIpc) is 2.79. The van der Waals surface area contributed by atoms with Gasteiger partial charge in [-0.15, -0.1) is 0 Å². The molecule has 0 saturated heterocycles. The molecular formula is C24H25N3O5. The van der Waals surface area contributed by atoms with Crippen LogP contribution in [0.3, 0.4) is 0 Å². The number of carbonyl (C=O) groups is 2. The van der Waals surface area contributed by atoms with Gasteiger partial charge in [0.25, 0.3) is 5.56 Å². The van der Waals surface area contributed by atoms with Crippen LogP contribution < -0.4 is 10.5 Å². The number of esters is 2. The summed E-state index contributed by atoms with van der Waals surface area (Å²) >= 11 is 0. The number of fused-ring (bicyclic) bond motifs is 1. The van der Waals surface area contributed by atoms with E-state index in [1.54, 1.807) is 50.2 Å². The topological polar surface area (TPSA) is 90.2 Å². The number of rotatable bonds is 8. The van der Waals surface area contributed by atoms with Gasteiger partial charge in [0.2, 0.25) is 0 Å². The Labute approximate surface area is 185 Å². The zero-order valence-corrected chi connectivity index (χ0v) is 18.3. The molecule has 3 aromatic rings. The van der Waals surface area contributed by atoms with Crippen molar-refractivity contribution in [3.05, 3.63) is 81.8 Å². The summed E-state index contributed by atoms with van der Waals surface area (Å²) in [7, 11) is 1.79. The third-order valence-electron chi connectivity index (χ3n) is 4.65. The standard InChI is InChI=1S/C24H25N3O5/c1-4-31-23(29)19(24(30)32-5-2)15-18-21(26(3)16-17-11-7-6-8-12-17)25-20-13-9-10-14-27(20)22(18)28/h6-15H,4-5,16H2,1-3H3. The van der Waals surface area contributed by atoms with Gasteiger partial charge in [-0.3, -0.25) is 9.20 Å². The van der Waals surface area contributed by atoms with E-state index in [-0.39, 0.29) is 24.4 Å². The molecule has 0 amide bonds. The van der Waals surface area contributed by atoms with Crippen molar-refractivity contribution in [1.82, 2.24) is 9.38 Å². The number of carbonyl (C=O) groups excluding carboxylic acids is 2. The molecule has 166 valence electrons. The van der Waals surface area contributed by atoms with Crippen LogP contribution in [-0.4, -0.2) is 41.6 Å². The van der Waals surface area contributed by atoms with Gasteiger partial charge in [-0.25, -0.2) is 14.6 Å². The molecule has 2 heterocycles. The van der Waals surface area contributed by atoms with Crippen molar-refractivity contribution in [2.75, 3.05) is 25.2 Å². The van der Waals surface area contributed by atoms with E-state index in [1.165, 1.54) is 10.5 Å². The third kappa shape index (κ3) is 5.03. The lowest BCUT2D eigenvalue weighted by molar-refractivity contribution is -0.146. The Morgan fingerprint density at radius 3 is 2.25 bits per heavy atom. The number of nitrogens with zero attached hydrogens (tertiary/aromatic N) is 3. The van der Waals surface area contributed by atoms with Gasteiger partial charge < -0.3 is 14.4 Å². The summed E-state index contributed by atoms with van der Waals surface area (Å²) in [5.41, 5.74) is 0.757. The normalized spacial score (nSPS) is 10.5. The fourth-order valence-electron chi connectivity index (χ4n) is 3.20. The first kappa shape index (κ1) is 22.7. The highest BCUT2D eigenvalue weighted by molar-refractivity contribution is 6.18. The maximum absolute atomic E-state index is 13.4. The van der Waals surface area contributed by atoms with Crippen LogP contribution in [0.5, 0.6) is 0 Å². The van der Waals surface area contributed by atoms with Gasteiger partial charge in [-0.2, -0.15) is 0 Å². The highest BCUT2D eigenvalue weighted by Gasteiger charge is 2.24. The van der Waals surface area contributed by atoms with Crippen molar-refractivity contribution in [3.63, 3.8) is 0 Å². The lowest BCUT2D eigenvalue weighted by Gasteiger charge is -2.21. The summed E-state index contributed by atoms with van der Waals surface area (Å²) in [6.07, 6.45) is 2.79. The summed E-state index contributed by atoms with van der Waals surface area (Å²) in [5.74, 6) is -1.39. The number of aromatic nitrogens is 2. The van der Waals surface area contributed by atoms with E-state index in [0.29, 0.717) is 18.0 Å². The predicted molar refractivity (Wildman–Crippen MR) is 121 cm³/mol. The average molecular weight is 435 g/mol. The second-order valence-electron chi connectivity index (χ2n) is 6.92. The highest BCUT2D eigenvalue weighted by Crippen LogP contribution is 2.21. The van der Waals surface area contributed by atoms with Gasteiger partial charge in [-0.05, 0) is 37.6 Å². The van der Waals surface area contributed by atoms with E-state index in [9.17, 15) is 14.4 Å². The zero-order chi connectivity index (χ0) is 23.1. The van der Waals surface area contributed by atoms with E-state index >= 15 is 0 Å². The smallest absolute Gasteiger partial charge is 0.345 e. The molecule has 32 heavy (non-hydrogen) atoms. The van der Waals surface area contributed by atoms with Gasteiger partial charge in [0, 0.05) is 19.8 Å². The lowest BCUT2D eigenvalue weighted by atomic mass is 10.1. The number of benzene rings is 1. The van der Waals surface area contributed by atoms with Crippen molar-refractivity contribution >= 4 is 29.5 Å². The molecule has 0 aliphatic rings. The summed E-state index contributed by atoms with van der Waals surface area (Å²) in [5, 5.41) is 0. The molecule has 0 unspecified atom stereocenters. The molecule has 3 rings (SSSR count). The van der Waals surface area contributed by atoms with Gasteiger partial charge in [-0.1, -0.05) is 36.4 Å². The van der Waals surface area contributed by atoms with Crippen LogP contribution in [0.25, 0.3) is 11.7 Å². The Balaban J connectivity index is 2.20. The van der Waals surface area contributed by atoms with Crippen LogP contribution >= 0.6 is 0 Å². The number of pyridine rings is 1. The zero-order valence-electron chi connectivity index (χ0n) is 18.3. The van der Waals surface area contributed by atoms with Crippen LogP contribution in [0.1, 0.15) is 25.0 Å². The second kappa shape index (κ2) is 10.4. The summed E-state index contributed by atoms with van der Waals surface area (Å²) in [6, 6.07) is 14.9. The van der Waals surface area contributed by atoms with Crippen molar-refractivity contribution in [1.29, 1.82) is 0 Å². The van der Waals surface area contributed by atoms with Crippen LogP contribution in [0.4, 0.5) is 5.82 Å². The van der Waals surface area contributed by atoms with Crippen molar-refractivity contribution in [2.45, 2.75) is 20.4 Å². The van der Waals surface area contributed by atoms with Crippen LogP contribution in [-0.2, 0) is 25.6 Å². The van der Waals surface area contributed by atoms with Crippen molar-refractivity contribution in [2.24, 2.45) is 0 Å². The molecule has 0 saturated carbocycles. The summed E-state index contributed by atoms with van der Waals surface area (Å²) < 4.78 is 11.4. The largest absolute Gasteiger partial charge is 0.462 e. The molecule has 2 aromatic heterocycles. The first-order valence-electron chi connectivity index (χ1n) is 10.3. The molecule has 8 heteroatoms. The molecule has 0 radical (unpaired) electrons. The Hall–Kier alpha value is -3.94. The van der Waals surface area contributed by atoms with Gasteiger partial charge in [0.1, 0.15) is 17.0 Å². The van der Waals surface area contributed by atoms with Crippen LogP contribution in [0.15, 0.2) is 65.1 Å². The first-order valence-corrected chi connectivity index (χ1v) is 10.3. The minimum absolute atomic E-state index is 0.0747. The Kier molecular flexibility index (Phi) is 7.38. The van der Waals surface area contributed by atoms with Crippen molar-refractivity contribution < 1.29 is 19.1 Å². The molecule has 0 N–H and O–H groups in total. The molecular weight excluding hydrogens is 410 g/mol. The van der Waals surface area contributed by atoms with Crippen LogP contribution in [0, 0.1) is 0 Å². The lowest BCUT2D eigenvalue weighted by Crippen LogP contribution is -2.27. The Bertz CT molecular complexity index is 1180. The van der Waals surface area contributed by atoms with E-state index in [2.05, 4.69) is 4.98 Å². The number of hydrogen-bond acceptors (Lipinski definition) is 7. The van der Waals surface area contributed by atoms with E-state index in [1.807, 2.05) is 30.3 Å². The molecule has 0 fully saturated rings. The molecule has 0 atom stereocenters. The minimum atomic E-state index is -0.861. The monoisotopic (exact) mass is 435 g/mol. The summed E-state index contributed by atoms with van der Waals surface area (Å²) in [6.45, 7) is 3.88. The van der Waals surface area contributed by atoms with E-state index in [4.69, 9.17) is 9.47 Å². The van der Waals surface area contributed by atoms with Gasteiger partial charge >= 0.3 is 11.9 Å². The number of ether oxygens (including phenoxy) is 2. The Morgan fingerprint density at radius 1 is 1.00 bits per heavy atom. The number of anilines is 1. The SMILES string of the molecule is CCOC(=O)C(=Cc1c(N(C)Cc2ccccc2)nc2ccccn2c1=O)C(=O)OCC. The molecule has 1 aromatic carbocycles. The second-order valence-corrected chi connectivity index (χ2v) is 6.92. The predicted octanol–water partition coefficient (Wildman–Crippen LogP) is 2.84. The minimum Gasteiger partial charge on any atom is -0.462 e. The fraction of sp³-hybridized carbons (Fsp3) is 0.250. The van der Waals surface area contributed by atoms with E-state index in [0.717, 1.165) is 5.56 Å². The number of hydrogen-bond donors (Lipinski definition) is 0. The van der Waals surface area contributed by atoms with E-state index < -0.39 is 17.5 Å². The maximum atomic E-state index is 13.4. The summed E-state index contributed by atoms with van der Waals surface area (Å²) in [4.78, 5) is 44.7. The molecule has 0 spiro atoms.